The van der Waals surface area contributed by atoms with E-state index in [1.165, 1.54) is 22.5 Å². The van der Waals surface area contributed by atoms with E-state index in [9.17, 15) is 17.9 Å². The minimum absolute atomic E-state index is 0.135. The normalized spacial score (nSPS) is 24.8. The van der Waals surface area contributed by atoms with Crippen LogP contribution in [-0.4, -0.2) is 37.0 Å². The maximum atomic E-state index is 13.1. The first-order chi connectivity index (χ1) is 9.44. The molecule has 1 aliphatic heterocycles. The van der Waals surface area contributed by atoms with Crippen molar-refractivity contribution in [2.24, 2.45) is 5.92 Å². The molecule has 1 aromatic carbocycles. The first-order valence-electron chi connectivity index (χ1n) is 6.79. The van der Waals surface area contributed by atoms with Gasteiger partial charge in [0.1, 0.15) is 5.82 Å². The molecule has 1 aliphatic rings. The van der Waals surface area contributed by atoms with Crippen molar-refractivity contribution in [2.75, 3.05) is 13.2 Å². The lowest BCUT2D eigenvalue weighted by molar-refractivity contribution is 0.113. The third-order valence-corrected chi connectivity index (χ3v) is 5.71. The molecule has 0 aliphatic carbocycles. The van der Waals surface area contributed by atoms with Gasteiger partial charge in [0, 0.05) is 6.54 Å². The van der Waals surface area contributed by atoms with Crippen molar-refractivity contribution < 1.29 is 17.9 Å². The van der Waals surface area contributed by atoms with E-state index < -0.39 is 15.8 Å². The van der Waals surface area contributed by atoms with Crippen molar-refractivity contribution in [1.29, 1.82) is 0 Å². The summed E-state index contributed by atoms with van der Waals surface area (Å²) < 4.78 is 39.5. The highest BCUT2D eigenvalue weighted by atomic mass is 32.2. The summed E-state index contributed by atoms with van der Waals surface area (Å²) in [5, 5.41) is 9.44. The average molecular weight is 301 g/mol. The Morgan fingerprint density at radius 2 is 2.20 bits per heavy atom. The van der Waals surface area contributed by atoms with Crippen molar-refractivity contribution in [2.45, 2.75) is 31.6 Å². The van der Waals surface area contributed by atoms with Crippen LogP contribution in [-0.2, 0) is 15.8 Å². The molecule has 2 unspecified atom stereocenters. The van der Waals surface area contributed by atoms with Gasteiger partial charge >= 0.3 is 0 Å². The number of piperidine rings is 1. The second-order valence-electron chi connectivity index (χ2n) is 5.37. The quantitative estimate of drug-likeness (QED) is 0.922. The van der Waals surface area contributed by atoms with Crippen molar-refractivity contribution >= 4 is 10.0 Å². The van der Waals surface area contributed by atoms with E-state index in [1.807, 2.05) is 6.92 Å². The number of rotatable bonds is 4. The number of hydrogen-bond acceptors (Lipinski definition) is 3. The predicted octanol–water partition coefficient (Wildman–Crippen LogP) is 1.75. The standard InChI is InChI=1S/C14H20FNO3S/c1-11-4-3-7-16(14(11)9-17)20(18,19)10-12-5-2-6-13(15)8-12/h2,5-6,8,11,14,17H,3-4,7,9-10H2,1H3. The Labute approximate surface area is 119 Å². The molecule has 1 heterocycles. The first kappa shape index (κ1) is 15.4. The molecule has 1 saturated heterocycles. The van der Waals surface area contributed by atoms with Crippen LogP contribution in [0.2, 0.25) is 0 Å². The van der Waals surface area contributed by atoms with Gasteiger partial charge in [0.05, 0.1) is 18.4 Å². The lowest BCUT2D eigenvalue weighted by atomic mass is 9.93. The number of hydrogen-bond donors (Lipinski definition) is 1. The molecule has 0 saturated carbocycles. The van der Waals surface area contributed by atoms with Gasteiger partial charge in [0.15, 0.2) is 0 Å². The maximum Gasteiger partial charge on any atom is 0.218 e. The molecule has 2 rings (SSSR count). The van der Waals surface area contributed by atoms with Gasteiger partial charge in [-0.2, -0.15) is 4.31 Å². The molecule has 20 heavy (non-hydrogen) atoms. The van der Waals surface area contributed by atoms with Gasteiger partial charge in [0.25, 0.3) is 0 Å². The van der Waals surface area contributed by atoms with Gasteiger partial charge in [0.2, 0.25) is 10.0 Å². The average Bonchev–Trinajstić information content (AvgIpc) is 2.38. The molecule has 4 nitrogen and oxygen atoms in total. The van der Waals surface area contributed by atoms with Crippen molar-refractivity contribution in [1.82, 2.24) is 4.31 Å². The number of nitrogens with zero attached hydrogens (tertiary/aromatic N) is 1. The highest BCUT2D eigenvalue weighted by Gasteiger charge is 2.35. The van der Waals surface area contributed by atoms with E-state index in [1.54, 1.807) is 6.07 Å². The monoisotopic (exact) mass is 301 g/mol. The third-order valence-electron chi connectivity index (χ3n) is 3.85. The lowest BCUT2D eigenvalue weighted by Crippen LogP contribution is -2.49. The number of halogens is 1. The van der Waals surface area contributed by atoms with Crippen LogP contribution in [0.1, 0.15) is 25.3 Å². The molecule has 0 spiro atoms. The molecule has 0 aromatic heterocycles. The summed E-state index contributed by atoms with van der Waals surface area (Å²) in [5.74, 6) is -0.534. The summed E-state index contributed by atoms with van der Waals surface area (Å²) in [6.07, 6.45) is 1.71. The number of aliphatic hydroxyl groups is 1. The molecule has 0 bridgehead atoms. The highest BCUT2D eigenvalue weighted by Crippen LogP contribution is 2.27. The Kier molecular flexibility index (Phi) is 4.78. The molecular weight excluding hydrogens is 281 g/mol. The van der Waals surface area contributed by atoms with E-state index in [0.29, 0.717) is 12.1 Å². The maximum absolute atomic E-state index is 13.1. The second-order valence-corrected chi connectivity index (χ2v) is 7.29. The van der Waals surface area contributed by atoms with Crippen molar-refractivity contribution in [3.05, 3.63) is 35.6 Å². The fourth-order valence-corrected chi connectivity index (χ4v) is 4.61. The molecule has 0 amide bonds. The van der Waals surface area contributed by atoms with E-state index in [2.05, 4.69) is 0 Å². The summed E-state index contributed by atoms with van der Waals surface area (Å²) in [4.78, 5) is 0. The smallest absolute Gasteiger partial charge is 0.218 e. The van der Waals surface area contributed by atoms with E-state index >= 15 is 0 Å². The Balaban J connectivity index is 2.21. The number of benzene rings is 1. The minimum atomic E-state index is -3.54. The zero-order valence-corrected chi connectivity index (χ0v) is 12.3. The summed E-state index contributed by atoms with van der Waals surface area (Å²) in [6.45, 7) is 2.20. The van der Waals surface area contributed by atoms with Gasteiger partial charge in [-0.1, -0.05) is 19.1 Å². The second kappa shape index (κ2) is 6.20. The minimum Gasteiger partial charge on any atom is -0.395 e. The molecule has 1 aromatic rings. The van der Waals surface area contributed by atoms with Crippen molar-refractivity contribution in [3.8, 4) is 0 Å². The van der Waals surface area contributed by atoms with Crippen molar-refractivity contribution in [3.63, 3.8) is 0 Å². The summed E-state index contributed by atoms with van der Waals surface area (Å²) in [6, 6.07) is 5.25. The number of aliphatic hydroxyl groups excluding tert-OH is 1. The van der Waals surface area contributed by atoms with Gasteiger partial charge in [-0.15, -0.1) is 0 Å². The van der Waals surface area contributed by atoms with Crippen LogP contribution >= 0.6 is 0 Å². The van der Waals surface area contributed by atoms with Crippen LogP contribution in [0.4, 0.5) is 4.39 Å². The number of sulfonamides is 1. The van der Waals surface area contributed by atoms with Crippen LogP contribution in [0.3, 0.4) is 0 Å². The zero-order valence-electron chi connectivity index (χ0n) is 11.5. The van der Waals surface area contributed by atoms with Crippen LogP contribution in [0.5, 0.6) is 0 Å². The topological polar surface area (TPSA) is 57.6 Å². The molecule has 1 fully saturated rings. The molecule has 6 heteroatoms. The molecule has 112 valence electrons. The Morgan fingerprint density at radius 1 is 1.45 bits per heavy atom. The lowest BCUT2D eigenvalue weighted by Gasteiger charge is -2.37. The van der Waals surface area contributed by atoms with Crippen LogP contribution < -0.4 is 0 Å². The SMILES string of the molecule is CC1CCCN(S(=O)(=O)Cc2cccc(F)c2)C1CO. The molecule has 0 radical (unpaired) electrons. The molecule has 1 N–H and O–H groups in total. The Bertz CT molecular complexity index is 561. The van der Waals surface area contributed by atoms with Gasteiger partial charge in [-0.25, -0.2) is 12.8 Å². The largest absolute Gasteiger partial charge is 0.395 e. The summed E-state index contributed by atoms with van der Waals surface area (Å²) >= 11 is 0. The fourth-order valence-electron chi connectivity index (χ4n) is 2.75. The predicted molar refractivity (Wildman–Crippen MR) is 75.0 cm³/mol. The van der Waals surface area contributed by atoms with Gasteiger partial charge in [-0.3, -0.25) is 0 Å². The third kappa shape index (κ3) is 3.37. The highest BCUT2D eigenvalue weighted by molar-refractivity contribution is 7.88. The zero-order chi connectivity index (χ0) is 14.8. The first-order valence-corrected chi connectivity index (χ1v) is 8.40. The molecule has 2 atom stereocenters. The van der Waals surface area contributed by atoms with Crippen LogP contribution in [0, 0.1) is 11.7 Å². The van der Waals surface area contributed by atoms with Crippen LogP contribution in [0.15, 0.2) is 24.3 Å². The van der Waals surface area contributed by atoms with Crippen LogP contribution in [0.25, 0.3) is 0 Å². The Morgan fingerprint density at radius 3 is 2.85 bits per heavy atom. The summed E-state index contributed by atoms with van der Waals surface area (Å²) in [7, 11) is -3.54. The summed E-state index contributed by atoms with van der Waals surface area (Å²) in [5.41, 5.74) is 0.430. The van der Waals surface area contributed by atoms with E-state index in [-0.39, 0.29) is 24.3 Å². The van der Waals surface area contributed by atoms with E-state index in [0.717, 1.165) is 12.8 Å². The Hall–Kier alpha value is -0.980. The molecular formula is C14H20FNO3S. The van der Waals surface area contributed by atoms with E-state index in [4.69, 9.17) is 0 Å². The van der Waals surface area contributed by atoms with Gasteiger partial charge in [-0.05, 0) is 36.5 Å². The van der Waals surface area contributed by atoms with Gasteiger partial charge < -0.3 is 5.11 Å². The fraction of sp³-hybridized carbons (Fsp3) is 0.571.